The van der Waals surface area contributed by atoms with Crippen LogP contribution in [-0.2, 0) is 9.84 Å². The van der Waals surface area contributed by atoms with Crippen LogP contribution in [0.5, 0.6) is 0 Å². The maximum atomic E-state index is 13.5. The molecule has 0 heterocycles. The SMILES string of the molecule is CCCCCCCNc1cc(S(C)(=O)=O)ccc1F. The summed E-state index contributed by atoms with van der Waals surface area (Å²) >= 11 is 0. The second-order valence-electron chi connectivity index (χ2n) is 4.75. The number of hydrogen-bond donors (Lipinski definition) is 1. The van der Waals surface area contributed by atoms with Crippen LogP contribution in [0.2, 0.25) is 0 Å². The molecule has 1 aromatic carbocycles. The number of benzene rings is 1. The van der Waals surface area contributed by atoms with Crippen molar-refractivity contribution in [2.45, 2.75) is 43.9 Å². The van der Waals surface area contributed by atoms with Crippen molar-refractivity contribution in [1.82, 2.24) is 0 Å². The van der Waals surface area contributed by atoms with E-state index in [0.29, 0.717) is 6.54 Å². The second-order valence-corrected chi connectivity index (χ2v) is 6.77. The molecular formula is C14H22FNO2S. The van der Waals surface area contributed by atoms with Crippen LogP contribution in [-0.4, -0.2) is 21.2 Å². The summed E-state index contributed by atoms with van der Waals surface area (Å²) in [5.41, 5.74) is 0.262. The van der Waals surface area contributed by atoms with Crippen LogP contribution >= 0.6 is 0 Å². The minimum Gasteiger partial charge on any atom is -0.383 e. The molecule has 0 bridgehead atoms. The van der Waals surface area contributed by atoms with E-state index in [9.17, 15) is 12.8 Å². The van der Waals surface area contributed by atoms with Crippen LogP contribution in [0.3, 0.4) is 0 Å². The first-order valence-corrected chi connectivity index (χ1v) is 8.57. The van der Waals surface area contributed by atoms with Crippen molar-refractivity contribution in [3.8, 4) is 0 Å². The number of halogens is 1. The fourth-order valence-corrected chi connectivity index (χ4v) is 2.47. The Morgan fingerprint density at radius 2 is 1.84 bits per heavy atom. The van der Waals surface area contributed by atoms with Crippen LogP contribution in [0.15, 0.2) is 23.1 Å². The first-order valence-electron chi connectivity index (χ1n) is 6.68. The van der Waals surface area contributed by atoms with Crippen molar-refractivity contribution in [2.24, 2.45) is 0 Å². The van der Waals surface area contributed by atoms with E-state index in [0.717, 1.165) is 19.1 Å². The smallest absolute Gasteiger partial charge is 0.175 e. The van der Waals surface area contributed by atoms with Gasteiger partial charge in [0.2, 0.25) is 0 Å². The third-order valence-corrected chi connectivity index (χ3v) is 4.07. The van der Waals surface area contributed by atoms with Gasteiger partial charge in [-0.05, 0) is 24.6 Å². The van der Waals surface area contributed by atoms with E-state index in [2.05, 4.69) is 12.2 Å². The molecule has 0 aliphatic carbocycles. The Morgan fingerprint density at radius 3 is 2.47 bits per heavy atom. The quantitative estimate of drug-likeness (QED) is 0.587. The average molecular weight is 287 g/mol. The van der Waals surface area contributed by atoms with Crippen molar-refractivity contribution < 1.29 is 12.8 Å². The monoisotopic (exact) mass is 287 g/mol. The Bertz CT molecular complexity index is 500. The van der Waals surface area contributed by atoms with Crippen molar-refractivity contribution in [3.63, 3.8) is 0 Å². The Morgan fingerprint density at radius 1 is 1.16 bits per heavy atom. The number of nitrogens with one attached hydrogen (secondary N) is 1. The number of hydrogen-bond acceptors (Lipinski definition) is 3. The van der Waals surface area contributed by atoms with Gasteiger partial charge in [0.15, 0.2) is 9.84 Å². The molecule has 0 saturated carbocycles. The van der Waals surface area contributed by atoms with Crippen molar-refractivity contribution in [2.75, 3.05) is 18.1 Å². The molecular weight excluding hydrogens is 265 g/mol. The molecule has 0 saturated heterocycles. The molecule has 19 heavy (non-hydrogen) atoms. The highest BCUT2D eigenvalue weighted by molar-refractivity contribution is 7.90. The molecule has 0 fully saturated rings. The molecule has 0 atom stereocenters. The summed E-state index contributed by atoms with van der Waals surface area (Å²) in [4.78, 5) is 0.141. The molecule has 0 aliphatic heterocycles. The lowest BCUT2D eigenvalue weighted by Crippen LogP contribution is -2.05. The Labute approximate surface area is 115 Å². The van der Waals surface area contributed by atoms with E-state index in [1.807, 2.05) is 0 Å². The highest BCUT2D eigenvalue weighted by Crippen LogP contribution is 2.19. The predicted molar refractivity (Wildman–Crippen MR) is 76.8 cm³/mol. The standard InChI is InChI=1S/C14H22FNO2S/c1-3-4-5-6-7-10-16-14-11-12(19(2,17)18)8-9-13(14)15/h8-9,11,16H,3-7,10H2,1-2H3. The zero-order chi connectivity index (χ0) is 14.3. The molecule has 1 rings (SSSR count). The summed E-state index contributed by atoms with van der Waals surface area (Å²) in [6, 6.07) is 3.84. The molecule has 1 aromatic rings. The Kier molecular flexibility index (Phi) is 6.28. The third kappa shape index (κ3) is 5.59. The highest BCUT2D eigenvalue weighted by atomic mass is 32.2. The summed E-state index contributed by atoms with van der Waals surface area (Å²) in [7, 11) is -3.29. The van der Waals surface area contributed by atoms with Gasteiger partial charge >= 0.3 is 0 Å². The Balaban J connectivity index is 2.53. The number of anilines is 1. The molecule has 0 unspecified atom stereocenters. The molecule has 0 radical (unpaired) electrons. The summed E-state index contributed by atoms with van der Waals surface area (Å²) in [5.74, 6) is -0.416. The van der Waals surface area contributed by atoms with Gasteiger partial charge < -0.3 is 5.32 Å². The van der Waals surface area contributed by atoms with Gasteiger partial charge in [0, 0.05) is 12.8 Å². The summed E-state index contributed by atoms with van der Waals surface area (Å²) in [6.45, 7) is 2.82. The largest absolute Gasteiger partial charge is 0.383 e. The first kappa shape index (κ1) is 16.0. The summed E-state index contributed by atoms with van der Waals surface area (Å²) in [5, 5.41) is 2.96. The fraction of sp³-hybridized carbons (Fsp3) is 0.571. The molecule has 0 spiro atoms. The van der Waals surface area contributed by atoms with E-state index in [-0.39, 0.29) is 10.6 Å². The van der Waals surface area contributed by atoms with Gasteiger partial charge in [-0.1, -0.05) is 32.6 Å². The van der Waals surface area contributed by atoms with E-state index in [1.165, 1.54) is 37.5 Å². The zero-order valence-corrected chi connectivity index (χ0v) is 12.4. The minimum atomic E-state index is -3.29. The highest BCUT2D eigenvalue weighted by Gasteiger charge is 2.10. The van der Waals surface area contributed by atoms with E-state index < -0.39 is 15.7 Å². The van der Waals surface area contributed by atoms with Gasteiger partial charge in [0.05, 0.1) is 10.6 Å². The van der Waals surface area contributed by atoms with Crippen molar-refractivity contribution in [3.05, 3.63) is 24.0 Å². The molecule has 0 amide bonds. The predicted octanol–water partition coefficient (Wildman–Crippen LogP) is 3.61. The maximum Gasteiger partial charge on any atom is 0.175 e. The lowest BCUT2D eigenvalue weighted by atomic mass is 10.1. The minimum absolute atomic E-state index is 0.141. The fourth-order valence-electron chi connectivity index (χ4n) is 1.82. The van der Waals surface area contributed by atoms with Crippen LogP contribution in [0.4, 0.5) is 10.1 Å². The van der Waals surface area contributed by atoms with Crippen molar-refractivity contribution in [1.29, 1.82) is 0 Å². The molecule has 0 aliphatic rings. The first-order chi connectivity index (χ1) is 8.95. The Hall–Kier alpha value is -1.10. The summed E-state index contributed by atoms with van der Waals surface area (Å²) in [6.07, 6.45) is 6.78. The van der Waals surface area contributed by atoms with E-state index in [1.54, 1.807) is 0 Å². The van der Waals surface area contributed by atoms with Gasteiger partial charge in [-0.2, -0.15) is 0 Å². The number of sulfone groups is 1. The van der Waals surface area contributed by atoms with E-state index >= 15 is 0 Å². The molecule has 0 aromatic heterocycles. The molecule has 5 heteroatoms. The molecule has 108 valence electrons. The van der Waals surface area contributed by atoms with Crippen LogP contribution in [0.1, 0.15) is 39.0 Å². The lowest BCUT2D eigenvalue weighted by molar-refractivity contribution is 0.600. The summed E-state index contributed by atoms with van der Waals surface area (Å²) < 4.78 is 36.3. The lowest BCUT2D eigenvalue weighted by Gasteiger charge is -2.09. The molecule has 1 N–H and O–H groups in total. The third-order valence-electron chi connectivity index (χ3n) is 2.96. The van der Waals surface area contributed by atoms with Crippen LogP contribution in [0.25, 0.3) is 0 Å². The average Bonchev–Trinajstić information content (AvgIpc) is 2.34. The molecule has 3 nitrogen and oxygen atoms in total. The van der Waals surface area contributed by atoms with Crippen molar-refractivity contribution >= 4 is 15.5 Å². The normalized spacial score (nSPS) is 11.5. The van der Waals surface area contributed by atoms with Gasteiger partial charge in [-0.3, -0.25) is 0 Å². The number of unbranched alkanes of at least 4 members (excludes halogenated alkanes) is 4. The van der Waals surface area contributed by atoms with Gasteiger partial charge in [-0.15, -0.1) is 0 Å². The topological polar surface area (TPSA) is 46.2 Å². The van der Waals surface area contributed by atoms with Crippen LogP contribution in [0, 0.1) is 5.82 Å². The second kappa shape index (κ2) is 7.48. The van der Waals surface area contributed by atoms with E-state index in [4.69, 9.17) is 0 Å². The number of rotatable bonds is 8. The maximum absolute atomic E-state index is 13.5. The van der Waals surface area contributed by atoms with Gasteiger partial charge in [0.25, 0.3) is 0 Å². The van der Waals surface area contributed by atoms with Crippen LogP contribution < -0.4 is 5.32 Å². The van der Waals surface area contributed by atoms with Gasteiger partial charge in [-0.25, -0.2) is 12.8 Å². The van der Waals surface area contributed by atoms with Gasteiger partial charge in [0.1, 0.15) is 5.82 Å². The zero-order valence-electron chi connectivity index (χ0n) is 11.6.